The lowest BCUT2D eigenvalue weighted by Gasteiger charge is -2.30. The number of rotatable bonds is 11. The van der Waals surface area contributed by atoms with Gasteiger partial charge in [-0.3, -0.25) is 24.1 Å². The van der Waals surface area contributed by atoms with Crippen molar-refractivity contribution in [2.45, 2.75) is 83.8 Å². The summed E-state index contributed by atoms with van der Waals surface area (Å²) in [6.07, 6.45) is 10.4. The normalized spacial score (nSPS) is 25.4. The predicted octanol–water partition coefficient (Wildman–Crippen LogP) is 2.42. The summed E-state index contributed by atoms with van der Waals surface area (Å²) < 4.78 is 5.80. The molecule has 1 atom stereocenters. The third-order valence-corrected chi connectivity index (χ3v) is 6.89. The number of hydrogen-bond donors (Lipinski definition) is 1. The first-order valence-electron chi connectivity index (χ1n) is 12.6. The van der Waals surface area contributed by atoms with Gasteiger partial charge in [-0.1, -0.05) is 6.42 Å². The molecule has 0 aromatic carbocycles. The molecule has 0 spiro atoms. The van der Waals surface area contributed by atoms with E-state index in [0.717, 1.165) is 57.9 Å². The van der Waals surface area contributed by atoms with Gasteiger partial charge >= 0.3 is 0 Å². The SMILES string of the molecule is CC(C)O[C@H]1CCN(C(=O)CCCCCNC(=O)C2CCC(CN3C(=O)C=CC3=O)CC2)C1. The van der Waals surface area contributed by atoms with Crippen LogP contribution in [0.25, 0.3) is 0 Å². The van der Waals surface area contributed by atoms with Crippen molar-refractivity contribution in [3.8, 4) is 0 Å². The Morgan fingerprint density at radius 3 is 2.39 bits per heavy atom. The van der Waals surface area contributed by atoms with E-state index in [-0.39, 0.29) is 47.7 Å². The van der Waals surface area contributed by atoms with Gasteiger partial charge in [0.25, 0.3) is 11.8 Å². The largest absolute Gasteiger partial charge is 0.374 e. The molecule has 2 fully saturated rings. The molecule has 1 aliphatic carbocycles. The zero-order chi connectivity index (χ0) is 23.8. The topological polar surface area (TPSA) is 96.0 Å². The van der Waals surface area contributed by atoms with Crippen LogP contribution in [-0.2, 0) is 23.9 Å². The van der Waals surface area contributed by atoms with Crippen molar-refractivity contribution < 1.29 is 23.9 Å². The summed E-state index contributed by atoms with van der Waals surface area (Å²) in [6.45, 7) is 6.64. The maximum Gasteiger partial charge on any atom is 0.253 e. The fraction of sp³-hybridized carbons (Fsp3) is 0.760. The molecule has 8 nitrogen and oxygen atoms in total. The van der Waals surface area contributed by atoms with Gasteiger partial charge in [-0.05, 0) is 64.7 Å². The minimum atomic E-state index is -0.230. The first-order valence-corrected chi connectivity index (χ1v) is 12.6. The van der Waals surface area contributed by atoms with Crippen molar-refractivity contribution in [1.82, 2.24) is 15.1 Å². The van der Waals surface area contributed by atoms with Crippen LogP contribution in [0.1, 0.15) is 71.6 Å². The highest BCUT2D eigenvalue weighted by atomic mass is 16.5. The fourth-order valence-electron chi connectivity index (χ4n) is 5.02. The number of nitrogens with zero attached hydrogens (tertiary/aromatic N) is 2. The monoisotopic (exact) mass is 461 g/mol. The minimum Gasteiger partial charge on any atom is -0.374 e. The Bertz CT molecular complexity index is 724. The molecule has 184 valence electrons. The molecule has 1 saturated carbocycles. The molecular weight excluding hydrogens is 422 g/mol. The summed E-state index contributed by atoms with van der Waals surface area (Å²) in [6, 6.07) is 0. The molecule has 2 heterocycles. The van der Waals surface area contributed by atoms with Crippen LogP contribution in [0.15, 0.2) is 12.2 Å². The van der Waals surface area contributed by atoms with Crippen LogP contribution in [0.3, 0.4) is 0 Å². The standard InChI is InChI=1S/C25H39N3O5/c1-18(2)33-21-13-15-27(17-21)22(29)6-4-3-5-14-26-25(32)20-9-7-19(8-10-20)16-28-23(30)11-12-24(28)31/h11-12,18-21H,3-10,13-17H2,1-2H3,(H,26,32)/t19?,20?,21-/m0/s1. The Kier molecular flexibility index (Phi) is 9.47. The van der Waals surface area contributed by atoms with Crippen LogP contribution >= 0.6 is 0 Å². The quantitative estimate of drug-likeness (QED) is 0.377. The van der Waals surface area contributed by atoms with Crippen molar-refractivity contribution in [2.75, 3.05) is 26.2 Å². The van der Waals surface area contributed by atoms with E-state index < -0.39 is 0 Å². The van der Waals surface area contributed by atoms with E-state index in [1.807, 2.05) is 18.7 Å². The van der Waals surface area contributed by atoms with Crippen molar-refractivity contribution >= 4 is 23.6 Å². The highest BCUT2D eigenvalue weighted by Crippen LogP contribution is 2.30. The summed E-state index contributed by atoms with van der Waals surface area (Å²) in [4.78, 5) is 51.4. The van der Waals surface area contributed by atoms with Crippen molar-refractivity contribution in [1.29, 1.82) is 0 Å². The Labute approximate surface area is 197 Å². The number of hydrogen-bond acceptors (Lipinski definition) is 5. The van der Waals surface area contributed by atoms with E-state index in [0.29, 0.717) is 26.1 Å². The number of imide groups is 1. The number of nitrogens with one attached hydrogen (secondary N) is 1. The van der Waals surface area contributed by atoms with Crippen LogP contribution in [0.5, 0.6) is 0 Å². The number of carbonyl (C=O) groups excluding carboxylic acids is 4. The van der Waals surface area contributed by atoms with Crippen molar-refractivity contribution in [3.63, 3.8) is 0 Å². The maximum atomic E-state index is 12.5. The molecule has 33 heavy (non-hydrogen) atoms. The summed E-state index contributed by atoms with van der Waals surface area (Å²) in [5, 5.41) is 3.04. The van der Waals surface area contributed by atoms with Gasteiger partial charge in [-0.25, -0.2) is 0 Å². The molecule has 0 bridgehead atoms. The summed E-state index contributed by atoms with van der Waals surface area (Å²) in [5.74, 6) is 0.147. The van der Waals surface area contributed by atoms with Gasteiger partial charge in [-0.2, -0.15) is 0 Å². The van der Waals surface area contributed by atoms with Crippen molar-refractivity contribution in [2.24, 2.45) is 11.8 Å². The molecule has 8 heteroatoms. The second-order valence-electron chi connectivity index (χ2n) is 9.88. The Morgan fingerprint density at radius 2 is 1.73 bits per heavy atom. The maximum absolute atomic E-state index is 12.5. The zero-order valence-corrected chi connectivity index (χ0v) is 20.1. The second-order valence-corrected chi connectivity index (χ2v) is 9.88. The highest BCUT2D eigenvalue weighted by molar-refractivity contribution is 6.12. The number of unbranched alkanes of at least 4 members (excludes halogenated alkanes) is 2. The molecule has 0 unspecified atom stereocenters. The molecular formula is C25H39N3O5. The lowest BCUT2D eigenvalue weighted by molar-refractivity contribution is -0.138. The van der Waals surface area contributed by atoms with Gasteiger partial charge in [0.15, 0.2) is 0 Å². The van der Waals surface area contributed by atoms with Crippen LogP contribution < -0.4 is 5.32 Å². The van der Waals surface area contributed by atoms with Crippen LogP contribution in [0.4, 0.5) is 0 Å². The van der Waals surface area contributed by atoms with E-state index in [2.05, 4.69) is 5.32 Å². The van der Waals surface area contributed by atoms with Crippen LogP contribution in [0.2, 0.25) is 0 Å². The molecule has 0 aromatic rings. The number of carbonyl (C=O) groups is 4. The van der Waals surface area contributed by atoms with Crippen molar-refractivity contribution in [3.05, 3.63) is 12.2 Å². The van der Waals surface area contributed by atoms with Crippen LogP contribution in [0, 0.1) is 11.8 Å². The molecule has 0 radical (unpaired) electrons. The van der Waals surface area contributed by atoms with E-state index >= 15 is 0 Å². The average Bonchev–Trinajstić information content (AvgIpc) is 3.37. The predicted molar refractivity (Wildman–Crippen MR) is 124 cm³/mol. The van der Waals surface area contributed by atoms with Gasteiger partial charge in [0.2, 0.25) is 11.8 Å². The molecule has 4 amide bonds. The van der Waals surface area contributed by atoms with E-state index in [9.17, 15) is 19.2 Å². The molecule has 3 aliphatic rings. The van der Waals surface area contributed by atoms with Gasteiger partial charge in [0, 0.05) is 50.7 Å². The summed E-state index contributed by atoms with van der Waals surface area (Å²) >= 11 is 0. The van der Waals surface area contributed by atoms with E-state index in [1.165, 1.54) is 17.1 Å². The number of likely N-dealkylation sites (tertiary alicyclic amines) is 1. The molecule has 2 aliphatic heterocycles. The van der Waals surface area contributed by atoms with Gasteiger partial charge < -0.3 is 15.0 Å². The molecule has 1 saturated heterocycles. The highest BCUT2D eigenvalue weighted by Gasteiger charge is 2.31. The second kappa shape index (κ2) is 12.3. The Morgan fingerprint density at radius 1 is 1.03 bits per heavy atom. The Hall–Kier alpha value is -2.22. The van der Waals surface area contributed by atoms with Gasteiger partial charge in [0.05, 0.1) is 12.2 Å². The third-order valence-electron chi connectivity index (χ3n) is 6.89. The minimum absolute atomic E-state index is 0.0158. The molecule has 0 aromatic heterocycles. The number of amides is 4. The molecule has 1 N–H and O–H groups in total. The fourth-order valence-corrected chi connectivity index (χ4v) is 5.02. The number of ether oxygens (including phenoxy) is 1. The first-order chi connectivity index (χ1) is 15.8. The summed E-state index contributed by atoms with van der Waals surface area (Å²) in [5.41, 5.74) is 0. The average molecular weight is 462 g/mol. The smallest absolute Gasteiger partial charge is 0.253 e. The van der Waals surface area contributed by atoms with Crippen LogP contribution in [-0.4, -0.2) is 71.8 Å². The lowest BCUT2D eigenvalue weighted by atomic mass is 9.81. The zero-order valence-electron chi connectivity index (χ0n) is 20.1. The van der Waals surface area contributed by atoms with E-state index in [1.54, 1.807) is 0 Å². The third kappa shape index (κ3) is 7.66. The lowest BCUT2D eigenvalue weighted by Crippen LogP contribution is -2.38. The van der Waals surface area contributed by atoms with Gasteiger partial charge in [0.1, 0.15) is 0 Å². The Balaban J connectivity index is 1.21. The van der Waals surface area contributed by atoms with E-state index in [4.69, 9.17) is 4.74 Å². The van der Waals surface area contributed by atoms with Gasteiger partial charge in [-0.15, -0.1) is 0 Å². The summed E-state index contributed by atoms with van der Waals surface area (Å²) in [7, 11) is 0. The molecule has 3 rings (SSSR count). The first kappa shape index (κ1) is 25.4.